The van der Waals surface area contributed by atoms with Crippen LogP contribution in [-0.2, 0) is 18.3 Å². The molecule has 0 unspecified atom stereocenters. The van der Waals surface area contributed by atoms with Crippen molar-refractivity contribution in [2.24, 2.45) is 7.05 Å². The number of carbonyl (C=O) groups is 1. The monoisotopic (exact) mass is 324 g/mol. The minimum atomic E-state index is -0.0710. The molecule has 2 heterocycles. The lowest BCUT2D eigenvalue weighted by Gasteiger charge is -2.34. The Hall–Kier alpha value is -1.34. The summed E-state index contributed by atoms with van der Waals surface area (Å²) in [5, 5.41) is 0.616. The van der Waals surface area contributed by atoms with Gasteiger partial charge < -0.3 is 9.80 Å². The molecule has 1 aliphatic rings. The van der Waals surface area contributed by atoms with Crippen molar-refractivity contribution in [3.63, 3.8) is 0 Å². The van der Waals surface area contributed by atoms with Crippen LogP contribution >= 0.6 is 11.8 Å². The SMILES string of the molecule is CCc1cc(=O)n(C)c(SCC(=O)N2CCN(CC)CC2)n1. The molecule has 22 heavy (non-hydrogen) atoms. The summed E-state index contributed by atoms with van der Waals surface area (Å²) in [5.74, 6) is 0.455. The molecule has 1 saturated heterocycles. The molecule has 2 rings (SSSR count). The fourth-order valence-corrected chi connectivity index (χ4v) is 3.31. The van der Waals surface area contributed by atoms with Crippen molar-refractivity contribution in [3.05, 3.63) is 22.1 Å². The highest BCUT2D eigenvalue weighted by molar-refractivity contribution is 7.99. The molecule has 0 aromatic carbocycles. The Bertz CT molecular complexity index is 579. The molecule has 1 aromatic rings. The van der Waals surface area contributed by atoms with Gasteiger partial charge in [-0.3, -0.25) is 14.2 Å². The molecule has 0 atom stereocenters. The summed E-state index contributed by atoms with van der Waals surface area (Å²) in [4.78, 5) is 32.8. The summed E-state index contributed by atoms with van der Waals surface area (Å²) in [5.41, 5.74) is 0.702. The maximum Gasteiger partial charge on any atom is 0.254 e. The number of amides is 1. The molecule has 7 heteroatoms. The quantitative estimate of drug-likeness (QED) is 0.586. The standard InChI is InChI=1S/C15H24N4O2S/c1-4-12-10-13(20)17(3)15(16-12)22-11-14(21)19-8-6-18(5-2)7-9-19/h10H,4-9,11H2,1-3H3. The van der Waals surface area contributed by atoms with Crippen LogP contribution in [0, 0.1) is 0 Å². The van der Waals surface area contributed by atoms with Gasteiger partial charge in [-0.05, 0) is 13.0 Å². The van der Waals surface area contributed by atoms with Crippen molar-refractivity contribution < 1.29 is 4.79 Å². The molecule has 0 bridgehead atoms. The Morgan fingerprint density at radius 2 is 1.95 bits per heavy atom. The van der Waals surface area contributed by atoms with Crippen molar-refractivity contribution in [3.8, 4) is 0 Å². The van der Waals surface area contributed by atoms with Crippen LogP contribution in [0.3, 0.4) is 0 Å². The van der Waals surface area contributed by atoms with E-state index in [-0.39, 0.29) is 11.5 Å². The number of carbonyl (C=O) groups excluding carboxylic acids is 1. The molecule has 1 aliphatic heterocycles. The van der Waals surface area contributed by atoms with E-state index in [0.717, 1.165) is 44.8 Å². The first-order valence-corrected chi connectivity index (χ1v) is 8.73. The van der Waals surface area contributed by atoms with E-state index in [1.54, 1.807) is 13.1 Å². The summed E-state index contributed by atoms with van der Waals surface area (Å²) in [6.45, 7) is 8.59. The average Bonchev–Trinajstić information content (AvgIpc) is 2.55. The van der Waals surface area contributed by atoms with Crippen molar-refractivity contribution in [2.75, 3.05) is 38.5 Å². The Labute approximate surface area is 135 Å². The first kappa shape index (κ1) is 17.0. The van der Waals surface area contributed by atoms with Crippen LogP contribution in [0.15, 0.2) is 16.0 Å². The summed E-state index contributed by atoms with van der Waals surface area (Å²) >= 11 is 1.35. The van der Waals surface area contributed by atoms with Gasteiger partial charge in [0.15, 0.2) is 5.16 Å². The lowest BCUT2D eigenvalue weighted by molar-refractivity contribution is -0.130. The number of nitrogens with zero attached hydrogens (tertiary/aromatic N) is 4. The van der Waals surface area contributed by atoms with Crippen LogP contribution in [-0.4, -0.2) is 63.7 Å². The molecule has 0 spiro atoms. The molecule has 122 valence electrons. The van der Waals surface area contributed by atoms with Crippen molar-refractivity contribution in [1.29, 1.82) is 0 Å². The second-order valence-electron chi connectivity index (χ2n) is 5.38. The normalized spacial score (nSPS) is 16.0. The lowest BCUT2D eigenvalue weighted by Crippen LogP contribution is -2.49. The van der Waals surface area contributed by atoms with Gasteiger partial charge in [-0.1, -0.05) is 25.6 Å². The highest BCUT2D eigenvalue weighted by atomic mass is 32.2. The van der Waals surface area contributed by atoms with Gasteiger partial charge >= 0.3 is 0 Å². The molecule has 1 amide bonds. The van der Waals surface area contributed by atoms with Gasteiger partial charge in [0.1, 0.15) is 0 Å². The van der Waals surface area contributed by atoms with E-state index in [2.05, 4.69) is 16.8 Å². The summed E-state index contributed by atoms with van der Waals surface area (Å²) in [6, 6.07) is 1.55. The second kappa shape index (κ2) is 7.78. The molecule has 0 saturated carbocycles. The Morgan fingerprint density at radius 1 is 1.27 bits per heavy atom. The number of aryl methyl sites for hydroxylation is 1. The number of thioether (sulfide) groups is 1. The van der Waals surface area contributed by atoms with Gasteiger partial charge in [-0.2, -0.15) is 0 Å². The Kier molecular flexibility index (Phi) is 6.02. The third kappa shape index (κ3) is 4.10. The number of likely N-dealkylation sites (N-methyl/N-ethyl adjacent to an activating group) is 1. The highest BCUT2D eigenvalue weighted by Gasteiger charge is 2.20. The lowest BCUT2D eigenvalue weighted by atomic mass is 10.3. The van der Waals surface area contributed by atoms with E-state index >= 15 is 0 Å². The highest BCUT2D eigenvalue weighted by Crippen LogP contribution is 2.15. The molecule has 1 aromatic heterocycles. The van der Waals surface area contributed by atoms with Crippen LogP contribution in [0.2, 0.25) is 0 Å². The number of piperazine rings is 1. The van der Waals surface area contributed by atoms with E-state index in [4.69, 9.17) is 0 Å². The molecule has 1 fully saturated rings. The summed E-state index contributed by atoms with van der Waals surface area (Å²) in [6.07, 6.45) is 0.719. The van der Waals surface area contributed by atoms with E-state index in [9.17, 15) is 9.59 Å². The fraction of sp³-hybridized carbons (Fsp3) is 0.667. The zero-order valence-electron chi connectivity index (χ0n) is 13.5. The summed E-state index contributed by atoms with van der Waals surface area (Å²) < 4.78 is 1.51. The van der Waals surface area contributed by atoms with E-state index < -0.39 is 0 Å². The molecule has 6 nitrogen and oxygen atoms in total. The third-order valence-electron chi connectivity index (χ3n) is 4.01. The van der Waals surface area contributed by atoms with Gasteiger partial charge in [-0.25, -0.2) is 4.98 Å². The van der Waals surface area contributed by atoms with Crippen LogP contribution in [0.1, 0.15) is 19.5 Å². The molecular formula is C15H24N4O2S. The minimum Gasteiger partial charge on any atom is -0.339 e. The van der Waals surface area contributed by atoms with E-state index in [0.29, 0.717) is 10.9 Å². The molecule has 0 N–H and O–H groups in total. The first-order chi connectivity index (χ1) is 10.5. The zero-order chi connectivity index (χ0) is 16.1. The Morgan fingerprint density at radius 3 is 2.55 bits per heavy atom. The first-order valence-electron chi connectivity index (χ1n) is 7.75. The van der Waals surface area contributed by atoms with Gasteiger partial charge in [0, 0.05) is 45.0 Å². The zero-order valence-corrected chi connectivity index (χ0v) is 14.4. The third-order valence-corrected chi connectivity index (χ3v) is 5.02. The smallest absolute Gasteiger partial charge is 0.254 e. The second-order valence-corrected chi connectivity index (χ2v) is 6.33. The number of hydrogen-bond acceptors (Lipinski definition) is 5. The average molecular weight is 324 g/mol. The van der Waals surface area contributed by atoms with Crippen LogP contribution in [0.5, 0.6) is 0 Å². The minimum absolute atomic E-state index is 0.0710. The van der Waals surface area contributed by atoms with Gasteiger partial charge in [0.05, 0.1) is 5.75 Å². The van der Waals surface area contributed by atoms with E-state index in [1.807, 2.05) is 11.8 Å². The maximum atomic E-state index is 12.3. The van der Waals surface area contributed by atoms with E-state index in [1.165, 1.54) is 16.3 Å². The molecular weight excluding hydrogens is 300 g/mol. The van der Waals surface area contributed by atoms with Crippen molar-refractivity contribution >= 4 is 17.7 Å². The topological polar surface area (TPSA) is 58.4 Å². The van der Waals surface area contributed by atoms with Crippen molar-refractivity contribution in [1.82, 2.24) is 19.4 Å². The van der Waals surface area contributed by atoms with Crippen LogP contribution < -0.4 is 5.56 Å². The van der Waals surface area contributed by atoms with Gasteiger partial charge in [0.2, 0.25) is 5.91 Å². The summed E-state index contributed by atoms with van der Waals surface area (Å²) in [7, 11) is 1.70. The number of hydrogen-bond donors (Lipinski definition) is 0. The molecule has 0 radical (unpaired) electrons. The van der Waals surface area contributed by atoms with Crippen molar-refractivity contribution in [2.45, 2.75) is 25.4 Å². The Balaban J connectivity index is 1.94. The number of aromatic nitrogens is 2. The van der Waals surface area contributed by atoms with Gasteiger partial charge in [0.25, 0.3) is 5.56 Å². The van der Waals surface area contributed by atoms with Crippen LogP contribution in [0.25, 0.3) is 0 Å². The maximum absolute atomic E-state index is 12.3. The fourth-order valence-electron chi connectivity index (χ4n) is 2.41. The predicted octanol–water partition coefficient (Wildman–Crippen LogP) is 0.599. The predicted molar refractivity (Wildman–Crippen MR) is 88.3 cm³/mol. The molecule has 0 aliphatic carbocycles. The van der Waals surface area contributed by atoms with Gasteiger partial charge in [-0.15, -0.1) is 0 Å². The largest absolute Gasteiger partial charge is 0.339 e. The van der Waals surface area contributed by atoms with Crippen LogP contribution in [0.4, 0.5) is 0 Å². The number of rotatable bonds is 5.